The van der Waals surface area contributed by atoms with Gasteiger partial charge >= 0.3 is 6.03 Å². The van der Waals surface area contributed by atoms with E-state index in [0.29, 0.717) is 23.5 Å². The number of ether oxygens (including phenoxy) is 1. The first-order valence-corrected chi connectivity index (χ1v) is 8.22. The van der Waals surface area contributed by atoms with Crippen LogP contribution >= 0.6 is 11.6 Å². The quantitative estimate of drug-likeness (QED) is 0.907. The van der Waals surface area contributed by atoms with E-state index in [2.05, 4.69) is 12.2 Å². The highest BCUT2D eigenvalue weighted by Crippen LogP contribution is 2.27. The van der Waals surface area contributed by atoms with Crippen LogP contribution in [-0.4, -0.2) is 31.1 Å². The molecular weight excluding hydrogens is 300 g/mol. The molecule has 22 heavy (non-hydrogen) atoms. The van der Waals surface area contributed by atoms with Crippen molar-refractivity contribution in [1.29, 1.82) is 0 Å². The molecule has 2 unspecified atom stereocenters. The van der Waals surface area contributed by atoms with Gasteiger partial charge in [-0.3, -0.25) is 0 Å². The number of nitrogens with one attached hydrogen (secondary N) is 1. The average molecular weight is 325 g/mol. The first kappa shape index (κ1) is 16.9. The molecule has 2 atom stereocenters. The van der Waals surface area contributed by atoms with Crippen LogP contribution in [-0.2, 0) is 6.54 Å². The lowest BCUT2D eigenvalue weighted by molar-refractivity contribution is 0.160. The van der Waals surface area contributed by atoms with Crippen molar-refractivity contribution < 1.29 is 9.53 Å². The normalized spacial score (nSPS) is 21.3. The number of methoxy groups -OCH3 is 1. The molecule has 0 heterocycles. The molecule has 2 amide bonds. The van der Waals surface area contributed by atoms with Crippen LogP contribution < -0.4 is 10.1 Å². The SMILES string of the molecule is COc1ccc(Cl)cc1CNC(=O)N(C)C1CCCC(C)C1. The number of rotatable bonds is 4. The second kappa shape index (κ2) is 7.73. The molecule has 1 N–H and O–H groups in total. The van der Waals surface area contributed by atoms with Gasteiger partial charge in [0.2, 0.25) is 0 Å². The van der Waals surface area contributed by atoms with E-state index in [-0.39, 0.29) is 6.03 Å². The Morgan fingerprint density at radius 3 is 2.91 bits per heavy atom. The maximum Gasteiger partial charge on any atom is 0.317 e. The van der Waals surface area contributed by atoms with Crippen LogP contribution in [0.5, 0.6) is 5.75 Å². The summed E-state index contributed by atoms with van der Waals surface area (Å²) in [6, 6.07) is 5.71. The van der Waals surface area contributed by atoms with E-state index in [1.165, 1.54) is 12.8 Å². The number of benzene rings is 1. The molecule has 122 valence electrons. The Bertz CT molecular complexity index is 521. The summed E-state index contributed by atoms with van der Waals surface area (Å²) in [5, 5.41) is 3.60. The van der Waals surface area contributed by atoms with Crippen LogP contribution in [0.15, 0.2) is 18.2 Å². The second-order valence-electron chi connectivity index (χ2n) is 6.15. The third-order valence-corrected chi connectivity index (χ3v) is 4.68. The monoisotopic (exact) mass is 324 g/mol. The highest BCUT2D eigenvalue weighted by Gasteiger charge is 2.25. The molecule has 0 spiro atoms. The topological polar surface area (TPSA) is 41.6 Å². The third-order valence-electron chi connectivity index (χ3n) is 4.45. The van der Waals surface area contributed by atoms with E-state index < -0.39 is 0 Å². The molecule has 0 radical (unpaired) electrons. The standard InChI is InChI=1S/C17H25ClN2O2/c1-12-5-4-6-15(9-12)20(2)17(21)19-11-13-10-14(18)7-8-16(13)22-3/h7-8,10,12,15H,4-6,9,11H2,1-3H3,(H,19,21). The summed E-state index contributed by atoms with van der Waals surface area (Å²) in [6.45, 7) is 2.67. The highest BCUT2D eigenvalue weighted by molar-refractivity contribution is 6.30. The fourth-order valence-corrected chi connectivity index (χ4v) is 3.30. The van der Waals surface area contributed by atoms with Crippen molar-refractivity contribution in [2.75, 3.05) is 14.2 Å². The Balaban J connectivity index is 1.93. The van der Waals surface area contributed by atoms with E-state index in [1.807, 2.05) is 24.1 Å². The van der Waals surface area contributed by atoms with Gasteiger partial charge in [-0.05, 0) is 37.0 Å². The lowest BCUT2D eigenvalue weighted by Gasteiger charge is -2.34. The van der Waals surface area contributed by atoms with Crippen LogP contribution in [0.25, 0.3) is 0 Å². The number of carbonyl (C=O) groups is 1. The van der Waals surface area contributed by atoms with Crippen molar-refractivity contribution in [3.63, 3.8) is 0 Å². The molecule has 1 aromatic rings. The first-order chi connectivity index (χ1) is 10.5. The van der Waals surface area contributed by atoms with Crippen LogP contribution in [0.2, 0.25) is 5.02 Å². The molecule has 5 heteroatoms. The molecule has 1 fully saturated rings. The summed E-state index contributed by atoms with van der Waals surface area (Å²) >= 11 is 6.01. The van der Waals surface area contributed by atoms with Crippen molar-refractivity contribution in [2.24, 2.45) is 5.92 Å². The van der Waals surface area contributed by atoms with Crippen molar-refractivity contribution in [1.82, 2.24) is 10.2 Å². The number of hydrogen-bond donors (Lipinski definition) is 1. The number of amides is 2. The minimum absolute atomic E-state index is 0.0406. The summed E-state index contributed by atoms with van der Waals surface area (Å²) in [7, 11) is 3.50. The smallest absolute Gasteiger partial charge is 0.317 e. The Labute approximate surface area is 137 Å². The summed E-state index contributed by atoms with van der Waals surface area (Å²) in [4.78, 5) is 14.2. The summed E-state index contributed by atoms with van der Waals surface area (Å²) in [5.41, 5.74) is 0.883. The van der Waals surface area contributed by atoms with Crippen molar-refractivity contribution in [2.45, 2.75) is 45.2 Å². The van der Waals surface area contributed by atoms with Crippen molar-refractivity contribution >= 4 is 17.6 Å². The van der Waals surface area contributed by atoms with Gasteiger partial charge in [0.05, 0.1) is 7.11 Å². The van der Waals surface area contributed by atoms with Crippen LogP contribution in [0.1, 0.15) is 38.2 Å². The molecule has 1 aromatic carbocycles. The molecule has 1 aliphatic rings. The van der Waals surface area contributed by atoms with Crippen LogP contribution in [0, 0.1) is 5.92 Å². The number of hydrogen-bond acceptors (Lipinski definition) is 2. The third kappa shape index (κ3) is 4.29. The Morgan fingerprint density at radius 2 is 2.23 bits per heavy atom. The molecular formula is C17H25ClN2O2. The predicted molar refractivity (Wildman–Crippen MR) is 89.4 cm³/mol. The van der Waals surface area contributed by atoms with Gasteiger partial charge in [-0.1, -0.05) is 31.4 Å². The molecule has 1 aliphatic carbocycles. The number of nitrogens with zero attached hydrogens (tertiary/aromatic N) is 1. The zero-order valence-electron chi connectivity index (χ0n) is 13.6. The highest BCUT2D eigenvalue weighted by atomic mass is 35.5. The van der Waals surface area contributed by atoms with E-state index in [4.69, 9.17) is 16.3 Å². The second-order valence-corrected chi connectivity index (χ2v) is 6.59. The molecule has 4 nitrogen and oxygen atoms in total. The maximum absolute atomic E-state index is 12.3. The number of carbonyl (C=O) groups excluding carboxylic acids is 1. The molecule has 0 aliphatic heterocycles. The fourth-order valence-electron chi connectivity index (χ4n) is 3.10. The van der Waals surface area contributed by atoms with Gasteiger partial charge in [0, 0.05) is 30.2 Å². The number of urea groups is 1. The van der Waals surface area contributed by atoms with Crippen LogP contribution in [0.3, 0.4) is 0 Å². The number of halogens is 1. The lowest BCUT2D eigenvalue weighted by atomic mass is 9.86. The molecule has 0 bridgehead atoms. The Kier molecular flexibility index (Phi) is 5.95. The molecule has 0 aromatic heterocycles. The predicted octanol–water partition coefficient (Wildman–Crippen LogP) is 4.07. The average Bonchev–Trinajstić information content (AvgIpc) is 2.52. The zero-order chi connectivity index (χ0) is 16.1. The minimum Gasteiger partial charge on any atom is -0.496 e. The lowest BCUT2D eigenvalue weighted by Crippen LogP contribution is -2.45. The first-order valence-electron chi connectivity index (χ1n) is 7.84. The Morgan fingerprint density at radius 1 is 1.45 bits per heavy atom. The summed E-state index contributed by atoms with van der Waals surface area (Å²) in [6.07, 6.45) is 4.65. The van der Waals surface area contributed by atoms with E-state index in [0.717, 1.165) is 24.2 Å². The maximum atomic E-state index is 12.3. The van der Waals surface area contributed by atoms with Gasteiger partial charge in [-0.15, -0.1) is 0 Å². The van der Waals surface area contributed by atoms with Gasteiger partial charge in [0.15, 0.2) is 0 Å². The van der Waals surface area contributed by atoms with Gasteiger partial charge in [-0.2, -0.15) is 0 Å². The summed E-state index contributed by atoms with van der Waals surface area (Å²) in [5.74, 6) is 1.43. The van der Waals surface area contributed by atoms with Gasteiger partial charge < -0.3 is 15.0 Å². The van der Waals surface area contributed by atoms with Gasteiger partial charge in [-0.25, -0.2) is 4.79 Å². The molecule has 2 rings (SSSR count). The van der Waals surface area contributed by atoms with E-state index in [9.17, 15) is 4.79 Å². The van der Waals surface area contributed by atoms with Crippen molar-refractivity contribution in [3.8, 4) is 5.75 Å². The molecule has 1 saturated carbocycles. The molecule has 0 saturated heterocycles. The minimum atomic E-state index is -0.0406. The Hall–Kier alpha value is -1.42. The van der Waals surface area contributed by atoms with Gasteiger partial charge in [0.25, 0.3) is 0 Å². The summed E-state index contributed by atoms with van der Waals surface area (Å²) < 4.78 is 5.30. The largest absolute Gasteiger partial charge is 0.496 e. The van der Waals surface area contributed by atoms with E-state index in [1.54, 1.807) is 13.2 Å². The van der Waals surface area contributed by atoms with Crippen molar-refractivity contribution in [3.05, 3.63) is 28.8 Å². The zero-order valence-corrected chi connectivity index (χ0v) is 14.3. The van der Waals surface area contributed by atoms with Crippen LogP contribution in [0.4, 0.5) is 4.79 Å². The van der Waals surface area contributed by atoms with E-state index >= 15 is 0 Å². The van der Waals surface area contributed by atoms with Gasteiger partial charge in [0.1, 0.15) is 5.75 Å². The fraction of sp³-hybridized carbons (Fsp3) is 0.588.